The third-order valence-corrected chi connectivity index (χ3v) is 8.27. The average molecular weight is 493 g/mol. The fourth-order valence-electron chi connectivity index (χ4n) is 4.78. The van der Waals surface area contributed by atoms with Gasteiger partial charge in [0.05, 0.1) is 10.4 Å². The lowest BCUT2D eigenvalue weighted by atomic mass is 9.73. The van der Waals surface area contributed by atoms with Crippen LogP contribution < -0.4 is 20.8 Å². The molecule has 7 nitrogen and oxygen atoms in total. The molecule has 1 aliphatic carbocycles. The maximum absolute atomic E-state index is 12.8. The maximum Gasteiger partial charge on any atom is 0.240 e. The molecule has 0 unspecified atom stereocenters. The van der Waals surface area contributed by atoms with Crippen molar-refractivity contribution in [3.05, 3.63) is 48.5 Å². The Labute approximate surface area is 209 Å². The first-order chi connectivity index (χ1) is 16.9. The van der Waals surface area contributed by atoms with Gasteiger partial charge in [0.2, 0.25) is 16.0 Å². The zero-order chi connectivity index (χ0) is 24.8. The van der Waals surface area contributed by atoms with Gasteiger partial charge in [-0.3, -0.25) is 0 Å². The van der Waals surface area contributed by atoms with Gasteiger partial charge in [-0.2, -0.15) is 4.98 Å². The van der Waals surface area contributed by atoms with Crippen molar-refractivity contribution >= 4 is 45.4 Å². The number of benzene rings is 2. The number of hydrogen-bond acceptors (Lipinski definition) is 6. The summed E-state index contributed by atoms with van der Waals surface area (Å²) in [4.78, 5) is 9.84. The van der Waals surface area contributed by atoms with Crippen molar-refractivity contribution < 1.29 is 8.42 Å². The monoisotopic (exact) mass is 493 g/mol. The molecular formula is C26H36BN5O2S. The number of fused-ring (bicyclic) bond motifs is 1. The summed E-state index contributed by atoms with van der Waals surface area (Å²) in [5.41, 5.74) is 1.78. The SMILES string of the molecule is CBc1ccccc1S(=O)(=O)NC[C@H]1CC[C@H](CNc2nc(NC(C)C)c3ccccc3n2)CC1. The highest BCUT2D eigenvalue weighted by molar-refractivity contribution is 7.89. The molecule has 9 heteroatoms. The first kappa shape index (κ1) is 25.4. The minimum absolute atomic E-state index is 0.282. The van der Waals surface area contributed by atoms with Crippen LogP contribution in [-0.4, -0.2) is 44.8 Å². The fourth-order valence-corrected chi connectivity index (χ4v) is 6.20. The summed E-state index contributed by atoms with van der Waals surface area (Å²) in [6, 6.07) is 15.6. The summed E-state index contributed by atoms with van der Waals surface area (Å²) < 4.78 is 28.5. The van der Waals surface area contributed by atoms with Gasteiger partial charge in [-0.05, 0) is 69.6 Å². The third kappa shape index (κ3) is 6.52. The second kappa shape index (κ2) is 11.4. The summed E-state index contributed by atoms with van der Waals surface area (Å²) >= 11 is 0. The van der Waals surface area contributed by atoms with E-state index in [9.17, 15) is 8.42 Å². The van der Waals surface area contributed by atoms with E-state index < -0.39 is 10.0 Å². The number of aromatic nitrogens is 2. The number of para-hydroxylation sites is 1. The van der Waals surface area contributed by atoms with Crippen LogP contribution >= 0.6 is 0 Å². The molecule has 4 rings (SSSR count). The predicted molar refractivity (Wildman–Crippen MR) is 147 cm³/mol. The van der Waals surface area contributed by atoms with Crippen molar-refractivity contribution in [3.63, 3.8) is 0 Å². The number of anilines is 2. The molecule has 0 amide bonds. The van der Waals surface area contributed by atoms with E-state index >= 15 is 0 Å². The number of sulfonamides is 1. The molecule has 1 aromatic heterocycles. The molecule has 186 valence electrons. The van der Waals surface area contributed by atoms with Crippen molar-refractivity contribution in [1.82, 2.24) is 14.7 Å². The van der Waals surface area contributed by atoms with Gasteiger partial charge in [-0.25, -0.2) is 18.1 Å². The van der Waals surface area contributed by atoms with E-state index in [1.54, 1.807) is 12.1 Å². The van der Waals surface area contributed by atoms with Gasteiger partial charge in [0, 0.05) is 24.5 Å². The molecule has 0 bridgehead atoms. The quantitative estimate of drug-likeness (QED) is 0.373. The standard InChI is InChI=1S/C26H36BN5O2S/c1-18(2)30-25-21-8-4-6-10-23(21)31-26(32-25)28-16-19-12-14-20(15-13-19)17-29-35(33,34)24-11-7-5-9-22(24)27-3/h4-11,18-20,27,29H,12-17H2,1-3H3,(H2,28,30,31,32)/t19-,20-. The fraction of sp³-hybridized carbons (Fsp3) is 0.462. The van der Waals surface area contributed by atoms with Crippen LogP contribution in [0.25, 0.3) is 10.9 Å². The molecule has 3 N–H and O–H groups in total. The molecule has 0 saturated heterocycles. The van der Waals surface area contributed by atoms with Crippen LogP contribution in [0.4, 0.5) is 11.8 Å². The van der Waals surface area contributed by atoms with Gasteiger partial charge in [0.25, 0.3) is 0 Å². The van der Waals surface area contributed by atoms with Crippen molar-refractivity contribution in [2.45, 2.75) is 57.3 Å². The van der Waals surface area contributed by atoms with Crippen molar-refractivity contribution in [1.29, 1.82) is 0 Å². The topological polar surface area (TPSA) is 96.0 Å². The first-order valence-electron chi connectivity index (χ1n) is 12.7. The van der Waals surface area contributed by atoms with Crippen LogP contribution in [-0.2, 0) is 10.0 Å². The van der Waals surface area contributed by atoms with Crippen LogP contribution in [0.2, 0.25) is 6.82 Å². The largest absolute Gasteiger partial charge is 0.367 e. The lowest BCUT2D eigenvalue weighted by Gasteiger charge is -2.29. The zero-order valence-corrected chi connectivity index (χ0v) is 21.7. The van der Waals surface area contributed by atoms with E-state index in [-0.39, 0.29) is 6.04 Å². The van der Waals surface area contributed by atoms with Crippen molar-refractivity contribution in [3.8, 4) is 0 Å². The Balaban J connectivity index is 1.29. The van der Waals surface area contributed by atoms with Crippen LogP contribution in [0.15, 0.2) is 53.4 Å². The van der Waals surface area contributed by atoms with E-state index in [4.69, 9.17) is 9.97 Å². The van der Waals surface area contributed by atoms with E-state index in [0.717, 1.165) is 54.4 Å². The lowest BCUT2D eigenvalue weighted by Crippen LogP contribution is -2.35. The van der Waals surface area contributed by atoms with Crippen LogP contribution in [0.3, 0.4) is 0 Å². The normalized spacial score (nSPS) is 18.5. The van der Waals surface area contributed by atoms with Crippen LogP contribution in [0.1, 0.15) is 39.5 Å². The van der Waals surface area contributed by atoms with E-state index in [1.165, 1.54) is 0 Å². The minimum Gasteiger partial charge on any atom is -0.367 e. The number of hydrogen-bond donors (Lipinski definition) is 3. The predicted octanol–water partition coefficient (Wildman–Crippen LogP) is 3.76. The molecule has 1 heterocycles. The lowest BCUT2D eigenvalue weighted by molar-refractivity contribution is 0.284. The van der Waals surface area contributed by atoms with Crippen LogP contribution in [0.5, 0.6) is 0 Å². The van der Waals surface area contributed by atoms with Gasteiger partial charge in [-0.15, -0.1) is 0 Å². The second-order valence-electron chi connectivity index (χ2n) is 9.79. The maximum atomic E-state index is 12.8. The van der Waals surface area contributed by atoms with Crippen molar-refractivity contribution in [2.75, 3.05) is 23.7 Å². The summed E-state index contributed by atoms with van der Waals surface area (Å²) in [6.45, 7) is 7.50. The minimum atomic E-state index is -3.48. The number of nitrogens with one attached hydrogen (secondary N) is 3. The van der Waals surface area contributed by atoms with Gasteiger partial charge < -0.3 is 10.6 Å². The first-order valence-corrected chi connectivity index (χ1v) is 14.2. The second-order valence-corrected chi connectivity index (χ2v) is 11.5. The molecule has 0 atom stereocenters. The zero-order valence-electron chi connectivity index (χ0n) is 20.9. The Morgan fingerprint density at radius 1 is 0.943 bits per heavy atom. The van der Waals surface area contributed by atoms with Crippen LogP contribution in [0, 0.1) is 11.8 Å². The third-order valence-electron chi connectivity index (χ3n) is 6.75. The molecule has 1 aliphatic rings. The average Bonchev–Trinajstić information content (AvgIpc) is 2.86. The summed E-state index contributed by atoms with van der Waals surface area (Å²) in [5.74, 6) is 2.40. The Hall–Kier alpha value is -2.65. The highest BCUT2D eigenvalue weighted by Gasteiger charge is 2.24. The summed E-state index contributed by atoms with van der Waals surface area (Å²) in [6.07, 6.45) is 4.16. The van der Waals surface area contributed by atoms with Gasteiger partial charge >= 0.3 is 0 Å². The number of nitrogens with zero attached hydrogens (tertiary/aromatic N) is 2. The Morgan fingerprint density at radius 3 is 2.31 bits per heavy atom. The Bertz CT molecular complexity index is 1240. The molecular weight excluding hydrogens is 457 g/mol. The van der Waals surface area contributed by atoms with E-state index in [2.05, 4.69) is 29.2 Å². The van der Waals surface area contributed by atoms with Crippen molar-refractivity contribution in [2.24, 2.45) is 11.8 Å². The van der Waals surface area contributed by atoms with E-state index in [0.29, 0.717) is 36.5 Å². The van der Waals surface area contributed by atoms with Gasteiger partial charge in [0.15, 0.2) is 7.28 Å². The molecule has 1 fully saturated rings. The highest BCUT2D eigenvalue weighted by atomic mass is 32.2. The Kier molecular flexibility index (Phi) is 8.28. The molecule has 1 saturated carbocycles. The Morgan fingerprint density at radius 2 is 1.60 bits per heavy atom. The molecule has 3 aromatic rings. The molecule has 2 aromatic carbocycles. The summed E-state index contributed by atoms with van der Waals surface area (Å²) in [7, 11) is -2.78. The number of rotatable bonds is 10. The smallest absolute Gasteiger partial charge is 0.240 e. The van der Waals surface area contributed by atoms with E-state index in [1.807, 2.05) is 43.2 Å². The molecule has 0 spiro atoms. The highest BCUT2D eigenvalue weighted by Crippen LogP contribution is 2.29. The molecule has 0 radical (unpaired) electrons. The molecule has 35 heavy (non-hydrogen) atoms. The molecule has 0 aliphatic heterocycles. The summed E-state index contributed by atoms with van der Waals surface area (Å²) in [5, 5.41) is 7.91. The van der Waals surface area contributed by atoms with Gasteiger partial charge in [-0.1, -0.05) is 42.6 Å². The van der Waals surface area contributed by atoms with Gasteiger partial charge in [0.1, 0.15) is 5.82 Å².